The Morgan fingerprint density at radius 2 is 1.13 bits per heavy atom. The number of pyridine rings is 1. The van der Waals surface area contributed by atoms with Crippen LogP contribution in [0.3, 0.4) is 0 Å². The summed E-state index contributed by atoms with van der Waals surface area (Å²) in [5, 5.41) is 2.26. The molecule has 330 valence electrons. The topological polar surface area (TPSA) is 27.5 Å². The maximum Gasteiger partial charge on any atom is 2.00 e. The molecular formula is C61H51N5Pt. The quantitative estimate of drug-likeness (QED) is 0.128. The Labute approximate surface area is 408 Å². The van der Waals surface area contributed by atoms with Crippen molar-refractivity contribution in [1.29, 1.82) is 0 Å². The summed E-state index contributed by atoms with van der Waals surface area (Å²) < 4.78 is 2.31. The van der Waals surface area contributed by atoms with E-state index in [4.69, 9.17) is 4.98 Å². The first-order valence-electron chi connectivity index (χ1n) is 23.0. The molecule has 6 heteroatoms. The van der Waals surface area contributed by atoms with Crippen molar-refractivity contribution in [2.75, 3.05) is 28.4 Å². The van der Waals surface area contributed by atoms with Gasteiger partial charge >= 0.3 is 21.1 Å². The van der Waals surface area contributed by atoms with E-state index in [-0.39, 0.29) is 21.1 Å². The van der Waals surface area contributed by atoms with Crippen LogP contribution >= 0.6 is 0 Å². The Hall–Kier alpha value is -7.20. The van der Waals surface area contributed by atoms with E-state index in [2.05, 4.69) is 254 Å². The monoisotopic (exact) mass is 1050 g/mol. The van der Waals surface area contributed by atoms with Gasteiger partial charge in [-0.25, -0.2) is 4.98 Å². The molecule has 1 aliphatic heterocycles. The fourth-order valence-corrected chi connectivity index (χ4v) is 10.0. The van der Waals surface area contributed by atoms with E-state index >= 15 is 0 Å². The van der Waals surface area contributed by atoms with Gasteiger partial charge in [0.2, 0.25) is 0 Å². The van der Waals surface area contributed by atoms with E-state index in [1.165, 1.54) is 33.6 Å². The first kappa shape index (κ1) is 43.7. The summed E-state index contributed by atoms with van der Waals surface area (Å²) >= 11 is 0. The van der Waals surface area contributed by atoms with Gasteiger partial charge < -0.3 is 19.3 Å². The minimum absolute atomic E-state index is 0. The first-order valence-corrected chi connectivity index (χ1v) is 23.0. The maximum atomic E-state index is 5.15. The van der Waals surface area contributed by atoms with Crippen molar-refractivity contribution in [3.05, 3.63) is 218 Å². The zero-order valence-electron chi connectivity index (χ0n) is 38.4. The normalized spacial score (nSPS) is 12.3. The molecule has 3 heterocycles. The second-order valence-electron chi connectivity index (χ2n) is 17.9. The van der Waals surface area contributed by atoms with Gasteiger partial charge in [-0.2, -0.15) is 12.1 Å². The summed E-state index contributed by atoms with van der Waals surface area (Å²) in [6.07, 6.45) is 1.97. The van der Waals surface area contributed by atoms with E-state index in [1.807, 2.05) is 6.20 Å². The fourth-order valence-electron chi connectivity index (χ4n) is 10.0. The maximum absolute atomic E-state index is 5.15. The molecule has 0 radical (unpaired) electrons. The molecule has 8 aromatic carbocycles. The summed E-state index contributed by atoms with van der Waals surface area (Å²) in [5.41, 5.74) is 17.9. The number of aromatic nitrogens is 2. The molecular weight excluding hydrogens is 998 g/mol. The number of benzene rings is 8. The van der Waals surface area contributed by atoms with Crippen LogP contribution in [-0.2, 0) is 21.1 Å². The van der Waals surface area contributed by atoms with Crippen LogP contribution in [0.2, 0.25) is 0 Å². The molecule has 11 rings (SSSR count). The van der Waals surface area contributed by atoms with Crippen molar-refractivity contribution in [3.63, 3.8) is 0 Å². The van der Waals surface area contributed by atoms with Crippen LogP contribution in [0, 0.1) is 12.1 Å². The van der Waals surface area contributed by atoms with Gasteiger partial charge in [0.15, 0.2) is 0 Å². The number of anilines is 6. The van der Waals surface area contributed by atoms with E-state index in [0.717, 1.165) is 79.3 Å². The molecule has 0 spiro atoms. The van der Waals surface area contributed by atoms with Crippen molar-refractivity contribution >= 4 is 55.9 Å². The third-order valence-corrected chi connectivity index (χ3v) is 13.1. The van der Waals surface area contributed by atoms with Crippen LogP contribution in [0.1, 0.15) is 50.7 Å². The molecule has 0 saturated heterocycles. The Morgan fingerprint density at radius 1 is 0.537 bits per heavy atom. The summed E-state index contributed by atoms with van der Waals surface area (Å²) in [6.45, 7) is 9.87. The number of para-hydroxylation sites is 4. The molecule has 0 unspecified atom stereocenters. The van der Waals surface area contributed by atoms with Gasteiger partial charge in [0, 0.05) is 29.9 Å². The second-order valence-corrected chi connectivity index (χ2v) is 17.9. The van der Waals surface area contributed by atoms with Gasteiger partial charge in [-0.3, -0.25) is 0 Å². The summed E-state index contributed by atoms with van der Waals surface area (Å²) in [5.74, 6) is 1.58. The molecule has 5 nitrogen and oxygen atoms in total. The molecule has 0 atom stereocenters. The zero-order valence-corrected chi connectivity index (χ0v) is 40.7. The number of fused-ring (bicyclic) bond motifs is 4. The van der Waals surface area contributed by atoms with Gasteiger partial charge in [-0.1, -0.05) is 178 Å². The SMILES string of the molecule is CC(C)c1cccc(C(C)C)c1-c1ccnc(-n2c3[c-]c(N(c4[c-]c(N5CN(C)c6ccccc65)ccc4)c4c(-c5ccccc5)cccc4-c4ccccc4)ccc3c3ccccc32)c1.[Pt+2]. The number of hydrogen-bond donors (Lipinski definition) is 0. The van der Waals surface area contributed by atoms with Gasteiger partial charge in [0.05, 0.1) is 23.7 Å². The van der Waals surface area contributed by atoms with Gasteiger partial charge in [0.25, 0.3) is 0 Å². The van der Waals surface area contributed by atoms with Gasteiger partial charge in [-0.05, 0) is 80.9 Å². The predicted octanol–water partition coefficient (Wildman–Crippen LogP) is 16.0. The van der Waals surface area contributed by atoms with Crippen LogP contribution in [0.15, 0.2) is 194 Å². The molecule has 1 aliphatic rings. The summed E-state index contributed by atoms with van der Waals surface area (Å²) in [7, 11) is 2.15. The summed E-state index contributed by atoms with van der Waals surface area (Å²) in [4.78, 5) is 12.2. The van der Waals surface area contributed by atoms with Gasteiger partial charge in [-0.15, -0.1) is 35.7 Å². The number of rotatable bonds is 10. The van der Waals surface area contributed by atoms with E-state index in [0.29, 0.717) is 11.8 Å². The van der Waals surface area contributed by atoms with Crippen molar-refractivity contribution in [1.82, 2.24) is 9.55 Å². The van der Waals surface area contributed by atoms with Crippen molar-refractivity contribution < 1.29 is 21.1 Å². The fraction of sp³-hybridized carbons (Fsp3) is 0.131. The Balaban J connectivity index is 0.00000525. The van der Waals surface area contributed by atoms with E-state index < -0.39 is 0 Å². The molecule has 0 saturated carbocycles. The van der Waals surface area contributed by atoms with Crippen molar-refractivity contribution in [2.24, 2.45) is 0 Å². The molecule has 0 fully saturated rings. The molecule has 2 aromatic heterocycles. The zero-order chi connectivity index (χ0) is 44.9. The van der Waals surface area contributed by atoms with Gasteiger partial charge in [0.1, 0.15) is 5.82 Å². The number of nitrogens with zero attached hydrogens (tertiary/aromatic N) is 5. The van der Waals surface area contributed by atoms with E-state index in [1.54, 1.807) is 0 Å². The van der Waals surface area contributed by atoms with E-state index in [9.17, 15) is 0 Å². The number of hydrogen-bond acceptors (Lipinski definition) is 4. The smallest absolute Gasteiger partial charge is 0.357 e. The minimum atomic E-state index is 0. The molecule has 0 amide bonds. The Morgan fingerprint density at radius 3 is 1.82 bits per heavy atom. The third-order valence-electron chi connectivity index (χ3n) is 13.1. The second kappa shape index (κ2) is 18.2. The predicted molar refractivity (Wildman–Crippen MR) is 277 cm³/mol. The van der Waals surface area contributed by atoms with Crippen LogP contribution in [0.5, 0.6) is 0 Å². The third kappa shape index (κ3) is 7.81. The molecule has 0 aliphatic carbocycles. The minimum Gasteiger partial charge on any atom is -0.357 e. The van der Waals surface area contributed by atoms with Crippen LogP contribution in [0.4, 0.5) is 34.1 Å². The van der Waals surface area contributed by atoms with Crippen LogP contribution in [-0.4, -0.2) is 23.3 Å². The molecule has 0 N–H and O–H groups in total. The van der Waals surface area contributed by atoms with Crippen LogP contribution in [0.25, 0.3) is 61.0 Å². The molecule has 10 aromatic rings. The average molecular weight is 1050 g/mol. The Bertz CT molecular complexity index is 3310. The Kier molecular flexibility index (Phi) is 11.9. The average Bonchev–Trinajstić information content (AvgIpc) is 3.88. The summed E-state index contributed by atoms with van der Waals surface area (Å²) in [6, 6.07) is 75.7. The first-order chi connectivity index (χ1) is 32.3. The van der Waals surface area contributed by atoms with Crippen molar-refractivity contribution in [3.8, 4) is 39.2 Å². The van der Waals surface area contributed by atoms with Crippen molar-refractivity contribution in [2.45, 2.75) is 39.5 Å². The molecule has 67 heavy (non-hydrogen) atoms. The van der Waals surface area contributed by atoms with Crippen LogP contribution < -0.4 is 14.7 Å². The largest absolute Gasteiger partial charge is 2.00 e. The standard InChI is InChI=1S/C61H51N5.Pt/c1-41(2)49-26-17-27-50(42(3)4)60(49)45-35-36-62-59(37-45)66-55-30-13-12-25-53(55)54-34-33-48(39-58(54)66)65(47-24-16-23-46(38-47)64-40-63(5)56-31-14-15-32-57(56)64)61-51(43-19-8-6-9-20-43)28-18-29-52(61)44-21-10-7-11-22-44;/h6-37,41-42H,40H2,1-5H3;/q-2;+2. The molecule has 0 bridgehead atoms.